The molecule has 0 aliphatic carbocycles. The standard InChI is InChI=1S/C19H20F2N2O/c1-4-19(5-2)23-18(14-8-6-12(20)10-16(14)21)15-9-7-13(22-3)11-17(15)24-19/h6-11,22H,4-5H2,1-3H3. The molecule has 126 valence electrons. The van der Waals surface area contributed by atoms with E-state index in [-0.39, 0.29) is 5.56 Å². The van der Waals surface area contributed by atoms with E-state index < -0.39 is 17.4 Å². The number of anilines is 1. The number of aliphatic imine (C=N–C) groups is 1. The van der Waals surface area contributed by atoms with Crippen LogP contribution in [0, 0.1) is 11.6 Å². The third kappa shape index (κ3) is 2.75. The number of rotatable bonds is 4. The zero-order valence-corrected chi connectivity index (χ0v) is 14.0. The molecule has 24 heavy (non-hydrogen) atoms. The van der Waals surface area contributed by atoms with Crippen molar-refractivity contribution in [1.29, 1.82) is 0 Å². The summed E-state index contributed by atoms with van der Waals surface area (Å²) in [6, 6.07) is 9.17. The Labute approximate surface area is 140 Å². The molecule has 0 spiro atoms. The second kappa shape index (κ2) is 6.23. The first kappa shape index (κ1) is 16.4. The van der Waals surface area contributed by atoms with Gasteiger partial charge < -0.3 is 10.1 Å². The van der Waals surface area contributed by atoms with Gasteiger partial charge in [0.15, 0.2) is 5.72 Å². The van der Waals surface area contributed by atoms with Gasteiger partial charge in [-0.25, -0.2) is 13.8 Å². The second-order valence-corrected chi connectivity index (χ2v) is 5.80. The van der Waals surface area contributed by atoms with E-state index in [0.29, 0.717) is 29.9 Å². The lowest BCUT2D eigenvalue weighted by molar-refractivity contribution is 0.0659. The molecule has 1 aliphatic heterocycles. The van der Waals surface area contributed by atoms with Crippen LogP contribution in [0.5, 0.6) is 5.75 Å². The van der Waals surface area contributed by atoms with Gasteiger partial charge in [-0.15, -0.1) is 0 Å². The van der Waals surface area contributed by atoms with Gasteiger partial charge in [0.1, 0.15) is 17.4 Å². The second-order valence-electron chi connectivity index (χ2n) is 5.80. The average Bonchev–Trinajstić information content (AvgIpc) is 2.60. The highest BCUT2D eigenvalue weighted by atomic mass is 19.1. The Morgan fingerprint density at radius 3 is 2.38 bits per heavy atom. The van der Waals surface area contributed by atoms with Crippen LogP contribution in [0.25, 0.3) is 0 Å². The number of nitrogens with zero attached hydrogens (tertiary/aromatic N) is 1. The minimum absolute atomic E-state index is 0.282. The van der Waals surface area contributed by atoms with Crippen molar-refractivity contribution in [2.45, 2.75) is 32.4 Å². The number of fused-ring (bicyclic) bond motifs is 1. The highest BCUT2D eigenvalue weighted by molar-refractivity contribution is 6.15. The summed E-state index contributed by atoms with van der Waals surface area (Å²) < 4.78 is 33.8. The van der Waals surface area contributed by atoms with Crippen LogP contribution in [-0.4, -0.2) is 18.5 Å². The van der Waals surface area contributed by atoms with Crippen molar-refractivity contribution in [3.63, 3.8) is 0 Å². The number of halogens is 2. The molecule has 0 unspecified atom stereocenters. The van der Waals surface area contributed by atoms with Crippen molar-refractivity contribution in [2.24, 2.45) is 4.99 Å². The van der Waals surface area contributed by atoms with Crippen LogP contribution in [0.4, 0.5) is 14.5 Å². The maximum absolute atomic E-state index is 14.4. The average molecular weight is 330 g/mol. The molecule has 0 amide bonds. The third-order valence-electron chi connectivity index (χ3n) is 4.43. The lowest BCUT2D eigenvalue weighted by Gasteiger charge is -2.35. The van der Waals surface area contributed by atoms with Crippen LogP contribution in [0.1, 0.15) is 37.8 Å². The first-order valence-electron chi connectivity index (χ1n) is 8.08. The van der Waals surface area contributed by atoms with E-state index in [1.807, 2.05) is 39.1 Å². The molecule has 0 fully saturated rings. The van der Waals surface area contributed by atoms with E-state index in [2.05, 4.69) is 5.32 Å². The highest BCUT2D eigenvalue weighted by Gasteiger charge is 2.35. The molecular weight excluding hydrogens is 310 g/mol. The molecule has 0 saturated heterocycles. The molecule has 1 heterocycles. The van der Waals surface area contributed by atoms with E-state index in [1.165, 1.54) is 12.1 Å². The molecular formula is C19H20F2N2O. The summed E-state index contributed by atoms with van der Waals surface area (Å²) in [6.07, 6.45) is 1.30. The smallest absolute Gasteiger partial charge is 0.200 e. The van der Waals surface area contributed by atoms with Gasteiger partial charge in [0.2, 0.25) is 0 Å². The van der Waals surface area contributed by atoms with Gasteiger partial charge in [-0.1, -0.05) is 13.8 Å². The fraction of sp³-hybridized carbons (Fsp3) is 0.316. The number of benzene rings is 2. The molecule has 1 aliphatic rings. The van der Waals surface area contributed by atoms with E-state index in [0.717, 1.165) is 11.8 Å². The highest BCUT2D eigenvalue weighted by Crippen LogP contribution is 2.38. The number of hydrogen-bond acceptors (Lipinski definition) is 3. The van der Waals surface area contributed by atoms with E-state index in [1.54, 1.807) is 0 Å². The minimum Gasteiger partial charge on any atom is -0.465 e. The molecule has 2 aromatic carbocycles. The lowest BCUT2D eigenvalue weighted by atomic mass is 9.96. The number of nitrogens with one attached hydrogen (secondary N) is 1. The molecule has 5 heteroatoms. The Morgan fingerprint density at radius 2 is 1.75 bits per heavy atom. The Kier molecular flexibility index (Phi) is 4.26. The van der Waals surface area contributed by atoms with E-state index >= 15 is 0 Å². The Bertz CT molecular complexity index is 798. The predicted molar refractivity (Wildman–Crippen MR) is 91.9 cm³/mol. The summed E-state index contributed by atoms with van der Waals surface area (Å²) >= 11 is 0. The van der Waals surface area contributed by atoms with Crippen LogP contribution >= 0.6 is 0 Å². The van der Waals surface area contributed by atoms with Gasteiger partial charge >= 0.3 is 0 Å². The van der Waals surface area contributed by atoms with E-state index in [4.69, 9.17) is 9.73 Å². The molecule has 0 saturated carbocycles. The fourth-order valence-electron chi connectivity index (χ4n) is 2.89. The van der Waals surface area contributed by atoms with Crippen molar-refractivity contribution in [2.75, 3.05) is 12.4 Å². The molecule has 3 nitrogen and oxygen atoms in total. The van der Waals surface area contributed by atoms with Gasteiger partial charge in [0.05, 0.1) is 5.71 Å². The Balaban J connectivity index is 2.22. The molecule has 0 atom stereocenters. The van der Waals surface area contributed by atoms with E-state index in [9.17, 15) is 8.78 Å². The Hall–Kier alpha value is -2.43. The largest absolute Gasteiger partial charge is 0.465 e. The fourth-order valence-corrected chi connectivity index (χ4v) is 2.89. The maximum atomic E-state index is 14.4. The van der Waals surface area contributed by atoms with Gasteiger partial charge in [-0.05, 0) is 24.3 Å². The summed E-state index contributed by atoms with van der Waals surface area (Å²) in [4.78, 5) is 4.72. The van der Waals surface area contributed by atoms with Crippen LogP contribution in [0.3, 0.4) is 0 Å². The molecule has 0 radical (unpaired) electrons. The van der Waals surface area contributed by atoms with Crippen molar-refractivity contribution in [3.05, 3.63) is 59.2 Å². The van der Waals surface area contributed by atoms with Gasteiger partial charge in [-0.2, -0.15) is 0 Å². The quantitative estimate of drug-likeness (QED) is 0.877. The Morgan fingerprint density at radius 1 is 1.04 bits per heavy atom. The molecule has 0 bridgehead atoms. The molecule has 3 rings (SSSR count). The topological polar surface area (TPSA) is 33.6 Å². The summed E-state index contributed by atoms with van der Waals surface area (Å²) in [5.41, 5.74) is 1.65. The summed E-state index contributed by atoms with van der Waals surface area (Å²) in [5.74, 6) is -0.577. The van der Waals surface area contributed by atoms with Gasteiger partial charge in [0, 0.05) is 48.8 Å². The van der Waals surface area contributed by atoms with Gasteiger partial charge in [0.25, 0.3) is 0 Å². The van der Waals surface area contributed by atoms with Crippen LogP contribution in [0.2, 0.25) is 0 Å². The normalized spacial score (nSPS) is 15.3. The monoisotopic (exact) mass is 330 g/mol. The van der Waals surface area contributed by atoms with Crippen molar-refractivity contribution < 1.29 is 13.5 Å². The summed E-state index contributed by atoms with van der Waals surface area (Å²) in [7, 11) is 1.83. The first-order chi connectivity index (χ1) is 11.5. The summed E-state index contributed by atoms with van der Waals surface area (Å²) in [6.45, 7) is 3.97. The van der Waals surface area contributed by atoms with Crippen LogP contribution in [-0.2, 0) is 0 Å². The first-order valence-corrected chi connectivity index (χ1v) is 8.08. The van der Waals surface area contributed by atoms with Crippen LogP contribution in [0.15, 0.2) is 41.4 Å². The molecule has 1 N–H and O–H groups in total. The SMILES string of the molecule is CCC1(CC)N=C(c2ccc(F)cc2F)c2ccc(NC)cc2O1. The van der Waals surface area contributed by atoms with Crippen molar-refractivity contribution >= 4 is 11.4 Å². The number of hydrogen-bond donors (Lipinski definition) is 1. The van der Waals surface area contributed by atoms with Gasteiger partial charge in [-0.3, -0.25) is 0 Å². The minimum atomic E-state index is -0.741. The third-order valence-corrected chi connectivity index (χ3v) is 4.43. The lowest BCUT2D eigenvalue weighted by Crippen LogP contribution is -2.37. The number of ether oxygens (including phenoxy) is 1. The summed E-state index contributed by atoms with van der Waals surface area (Å²) in [5, 5.41) is 3.07. The van der Waals surface area contributed by atoms with Crippen molar-refractivity contribution in [3.8, 4) is 5.75 Å². The zero-order chi connectivity index (χ0) is 17.3. The zero-order valence-electron chi connectivity index (χ0n) is 14.0. The maximum Gasteiger partial charge on any atom is 0.200 e. The van der Waals surface area contributed by atoms with Crippen molar-refractivity contribution in [1.82, 2.24) is 0 Å². The molecule has 2 aromatic rings. The van der Waals surface area contributed by atoms with Crippen LogP contribution < -0.4 is 10.1 Å². The predicted octanol–water partition coefficient (Wildman–Crippen LogP) is 4.75. The molecule has 0 aromatic heterocycles.